The van der Waals surface area contributed by atoms with Crippen molar-refractivity contribution in [2.24, 2.45) is 0 Å². The molecule has 0 aliphatic heterocycles. The van der Waals surface area contributed by atoms with E-state index in [0.29, 0.717) is 0 Å². The molecule has 0 atom stereocenters. The van der Waals surface area contributed by atoms with Gasteiger partial charge in [0, 0.05) is 5.56 Å². The molecule has 0 bridgehead atoms. The molecular formula is C19H18O. The molecule has 0 aliphatic carbocycles. The zero-order chi connectivity index (χ0) is 13.9. The molecule has 20 heavy (non-hydrogen) atoms. The van der Waals surface area contributed by atoms with E-state index in [-0.39, 0.29) is 0 Å². The first-order valence-corrected chi connectivity index (χ1v) is 6.98. The summed E-state index contributed by atoms with van der Waals surface area (Å²) in [7, 11) is 1.73. The summed E-state index contributed by atoms with van der Waals surface area (Å²) in [5, 5.41) is 2.55. The molecule has 0 saturated heterocycles. The van der Waals surface area contributed by atoms with Crippen molar-refractivity contribution < 1.29 is 4.74 Å². The molecule has 3 aromatic rings. The molecule has 1 nitrogen and oxygen atoms in total. The normalized spacial score (nSPS) is 10.7. The second-order valence-electron chi connectivity index (χ2n) is 4.90. The van der Waals surface area contributed by atoms with Crippen LogP contribution in [0.4, 0.5) is 0 Å². The highest BCUT2D eigenvalue weighted by Gasteiger charge is 2.09. The first kappa shape index (κ1) is 12.7. The fourth-order valence-corrected chi connectivity index (χ4v) is 2.75. The van der Waals surface area contributed by atoms with Crippen LogP contribution >= 0.6 is 0 Å². The van der Waals surface area contributed by atoms with Crippen molar-refractivity contribution in [3.8, 4) is 16.9 Å². The topological polar surface area (TPSA) is 9.23 Å². The summed E-state index contributed by atoms with van der Waals surface area (Å²) >= 11 is 0. The summed E-state index contributed by atoms with van der Waals surface area (Å²) in [4.78, 5) is 0. The highest BCUT2D eigenvalue weighted by molar-refractivity contribution is 5.88. The first-order chi connectivity index (χ1) is 9.83. The molecule has 0 fully saturated rings. The number of fused-ring (bicyclic) bond motifs is 1. The maximum atomic E-state index is 5.49. The Bertz CT molecular complexity index is 744. The van der Waals surface area contributed by atoms with E-state index in [1.165, 1.54) is 27.5 Å². The summed E-state index contributed by atoms with van der Waals surface area (Å²) in [5.41, 5.74) is 3.78. The highest BCUT2D eigenvalue weighted by Crippen LogP contribution is 2.32. The molecule has 0 heterocycles. The molecular weight excluding hydrogens is 244 g/mol. The second-order valence-corrected chi connectivity index (χ2v) is 4.90. The fourth-order valence-electron chi connectivity index (χ4n) is 2.75. The van der Waals surface area contributed by atoms with Gasteiger partial charge in [-0.3, -0.25) is 0 Å². The lowest BCUT2D eigenvalue weighted by Gasteiger charge is -2.13. The first-order valence-electron chi connectivity index (χ1n) is 6.98. The van der Waals surface area contributed by atoms with Gasteiger partial charge in [0.25, 0.3) is 0 Å². The number of hydrogen-bond acceptors (Lipinski definition) is 1. The lowest BCUT2D eigenvalue weighted by Crippen LogP contribution is -1.93. The minimum absolute atomic E-state index is 0.964. The smallest absolute Gasteiger partial charge is 0.122 e. The Kier molecular flexibility index (Phi) is 3.42. The lowest BCUT2D eigenvalue weighted by atomic mass is 9.95. The molecule has 100 valence electrons. The largest absolute Gasteiger partial charge is 0.496 e. The summed E-state index contributed by atoms with van der Waals surface area (Å²) in [5.74, 6) is 0.971. The average Bonchev–Trinajstić information content (AvgIpc) is 2.53. The molecule has 1 heteroatoms. The monoisotopic (exact) mass is 262 g/mol. The quantitative estimate of drug-likeness (QED) is 0.639. The lowest BCUT2D eigenvalue weighted by molar-refractivity contribution is 0.410. The Morgan fingerprint density at radius 1 is 0.850 bits per heavy atom. The number of benzene rings is 3. The van der Waals surface area contributed by atoms with Crippen LogP contribution in [0.5, 0.6) is 5.75 Å². The maximum absolute atomic E-state index is 5.49. The molecule has 0 spiro atoms. The molecule has 0 aromatic heterocycles. The van der Waals surface area contributed by atoms with E-state index >= 15 is 0 Å². The summed E-state index contributed by atoms with van der Waals surface area (Å²) < 4.78 is 5.49. The van der Waals surface area contributed by atoms with Crippen LogP contribution in [0.25, 0.3) is 21.9 Å². The SMILES string of the molecule is CCc1c(OC)cccc1-c1ccc2ccccc2c1. The predicted octanol–water partition coefficient (Wildman–Crippen LogP) is 5.08. The number of methoxy groups -OCH3 is 1. The zero-order valence-electron chi connectivity index (χ0n) is 11.9. The van der Waals surface area contributed by atoms with Gasteiger partial charge in [-0.1, -0.05) is 55.5 Å². The van der Waals surface area contributed by atoms with Gasteiger partial charge in [0.1, 0.15) is 5.75 Å². The molecule has 3 aromatic carbocycles. The van der Waals surface area contributed by atoms with Crippen molar-refractivity contribution in [2.75, 3.05) is 7.11 Å². The van der Waals surface area contributed by atoms with Gasteiger partial charge in [-0.15, -0.1) is 0 Å². The van der Waals surface area contributed by atoms with Gasteiger partial charge in [0.2, 0.25) is 0 Å². The van der Waals surface area contributed by atoms with Crippen LogP contribution < -0.4 is 4.74 Å². The van der Waals surface area contributed by atoms with E-state index in [4.69, 9.17) is 4.74 Å². The summed E-state index contributed by atoms with van der Waals surface area (Å²) in [6, 6.07) is 21.3. The van der Waals surface area contributed by atoms with Gasteiger partial charge in [-0.25, -0.2) is 0 Å². The molecule has 0 unspecified atom stereocenters. The number of rotatable bonds is 3. The Morgan fingerprint density at radius 2 is 1.65 bits per heavy atom. The van der Waals surface area contributed by atoms with E-state index in [0.717, 1.165) is 12.2 Å². The van der Waals surface area contributed by atoms with Crippen LogP contribution in [-0.2, 0) is 6.42 Å². The van der Waals surface area contributed by atoms with E-state index in [2.05, 4.69) is 61.5 Å². The second kappa shape index (κ2) is 5.38. The zero-order valence-corrected chi connectivity index (χ0v) is 11.9. The fraction of sp³-hybridized carbons (Fsp3) is 0.158. The third-order valence-electron chi connectivity index (χ3n) is 3.77. The van der Waals surface area contributed by atoms with E-state index in [1.54, 1.807) is 7.11 Å². The molecule has 0 amide bonds. The van der Waals surface area contributed by atoms with Gasteiger partial charge in [-0.05, 0) is 40.5 Å². The molecule has 0 N–H and O–H groups in total. The van der Waals surface area contributed by atoms with Crippen LogP contribution in [-0.4, -0.2) is 7.11 Å². The third-order valence-corrected chi connectivity index (χ3v) is 3.77. The van der Waals surface area contributed by atoms with Gasteiger partial charge in [-0.2, -0.15) is 0 Å². The Hall–Kier alpha value is -2.28. The van der Waals surface area contributed by atoms with E-state index in [9.17, 15) is 0 Å². The Labute approximate surface area is 119 Å². The molecule has 0 aliphatic rings. The Morgan fingerprint density at radius 3 is 2.40 bits per heavy atom. The van der Waals surface area contributed by atoms with Crippen molar-refractivity contribution in [2.45, 2.75) is 13.3 Å². The van der Waals surface area contributed by atoms with Gasteiger partial charge in [0.15, 0.2) is 0 Å². The highest BCUT2D eigenvalue weighted by atomic mass is 16.5. The van der Waals surface area contributed by atoms with Gasteiger partial charge in [0.05, 0.1) is 7.11 Å². The van der Waals surface area contributed by atoms with E-state index < -0.39 is 0 Å². The van der Waals surface area contributed by atoms with Crippen molar-refractivity contribution in [3.05, 3.63) is 66.2 Å². The van der Waals surface area contributed by atoms with Crippen LogP contribution in [0.3, 0.4) is 0 Å². The molecule has 3 rings (SSSR count). The van der Waals surface area contributed by atoms with Crippen molar-refractivity contribution in [3.63, 3.8) is 0 Å². The van der Waals surface area contributed by atoms with Crippen LogP contribution in [0.1, 0.15) is 12.5 Å². The summed E-state index contributed by atoms with van der Waals surface area (Å²) in [6.45, 7) is 2.17. The van der Waals surface area contributed by atoms with Gasteiger partial charge < -0.3 is 4.74 Å². The molecule has 0 saturated carbocycles. The third kappa shape index (κ3) is 2.16. The number of hydrogen-bond donors (Lipinski definition) is 0. The van der Waals surface area contributed by atoms with Crippen LogP contribution in [0, 0.1) is 0 Å². The van der Waals surface area contributed by atoms with Crippen molar-refractivity contribution >= 4 is 10.8 Å². The van der Waals surface area contributed by atoms with Crippen LogP contribution in [0.15, 0.2) is 60.7 Å². The maximum Gasteiger partial charge on any atom is 0.122 e. The minimum Gasteiger partial charge on any atom is -0.496 e. The standard InChI is InChI=1S/C19H18O/c1-3-17-18(9-6-10-19(17)20-2)16-12-11-14-7-4-5-8-15(14)13-16/h4-13H,3H2,1-2H3. The average molecular weight is 262 g/mol. The number of ether oxygens (including phenoxy) is 1. The van der Waals surface area contributed by atoms with Gasteiger partial charge >= 0.3 is 0 Å². The molecule has 0 radical (unpaired) electrons. The minimum atomic E-state index is 0.964. The van der Waals surface area contributed by atoms with E-state index in [1.807, 2.05) is 6.07 Å². The van der Waals surface area contributed by atoms with Crippen molar-refractivity contribution in [1.29, 1.82) is 0 Å². The van der Waals surface area contributed by atoms with Crippen LogP contribution in [0.2, 0.25) is 0 Å². The Balaban J connectivity index is 2.20. The predicted molar refractivity (Wildman–Crippen MR) is 85.3 cm³/mol. The summed E-state index contributed by atoms with van der Waals surface area (Å²) in [6.07, 6.45) is 0.964. The van der Waals surface area contributed by atoms with Crippen molar-refractivity contribution in [1.82, 2.24) is 0 Å².